The van der Waals surface area contributed by atoms with E-state index >= 15 is 0 Å². The molecule has 0 saturated heterocycles. The van der Waals surface area contributed by atoms with Crippen molar-refractivity contribution in [3.8, 4) is 17.0 Å². The number of alkyl halides is 3. The number of hydrogen-bond acceptors (Lipinski definition) is 4. The van der Waals surface area contributed by atoms with Crippen LogP contribution in [-0.2, 0) is 6.18 Å². The van der Waals surface area contributed by atoms with Crippen LogP contribution in [0.4, 0.5) is 18.9 Å². The summed E-state index contributed by atoms with van der Waals surface area (Å²) in [5.41, 5.74) is 2.84. The van der Waals surface area contributed by atoms with E-state index < -0.39 is 40.5 Å². The molecule has 0 radical (unpaired) electrons. The van der Waals surface area contributed by atoms with Gasteiger partial charge in [-0.25, -0.2) is 9.78 Å². The van der Waals surface area contributed by atoms with Gasteiger partial charge in [-0.05, 0) is 5.56 Å². The number of nitrogen functional groups attached to an aromatic ring is 1. The number of anilines is 1. The van der Waals surface area contributed by atoms with E-state index in [1.54, 1.807) is 6.07 Å². The van der Waals surface area contributed by atoms with Crippen molar-refractivity contribution in [1.82, 2.24) is 4.98 Å². The lowest BCUT2D eigenvalue weighted by Crippen LogP contribution is -2.17. The molecule has 1 aromatic carbocycles. The first-order chi connectivity index (χ1) is 10.3. The van der Waals surface area contributed by atoms with Gasteiger partial charge in [0.05, 0.1) is 12.8 Å². The van der Waals surface area contributed by atoms with Gasteiger partial charge in [0.15, 0.2) is 5.69 Å². The second-order valence-electron chi connectivity index (χ2n) is 4.30. The fourth-order valence-corrected chi connectivity index (χ4v) is 2.06. The van der Waals surface area contributed by atoms with Crippen LogP contribution in [0.5, 0.6) is 5.88 Å². The van der Waals surface area contributed by atoms with Gasteiger partial charge in [0.25, 0.3) is 0 Å². The molecule has 2 rings (SSSR count). The van der Waals surface area contributed by atoms with Crippen molar-refractivity contribution in [2.75, 3.05) is 12.8 Å². The third-order valence-corrected chi connectivity index (χ3v) is 2.94. The summed E-state index contributed by atoms with van der Waals surface area (Å²) < 4.78 is 44.7. The van der Waals surface area contributed by atoms with Gasteiger partial charge >= 0.3 is 12.1 Å². The van der Waals surface area contributed by atoms with Crippen LogP contribution in [0.15, 0.2) is 30.3 Å². The van der Waals surface area contributed by atoms with Crippen molar-refractivity contribution in [2.24, 2.45) is 0 Å². The highest BCUT2D eigenvalue weighted by Gasteiger charge is 2.41. The zero-order valence-electron chi connectivity index (χ0n) is 11.3. The standard InChI is InChI=1S/C14H11F3N2O3/c1-22-12-9(14(15,16)17)8(7-5-3-2-4-6-7)10(18)11(19-12)13(20)21/h2-6H,18H2,1H3,(H,20,21). The Hall–Kier alpha value is -2.77. The van der Waals surface area contributed by atoms with Crippen molar-refractivity contribution in [2.45, 2.75) is 6.18 Å². The van der Waals surface area contributed by atoms with E-state index in [1.165, 1.54) is 24.3 Å². The summed E-state index contributed by atoms with van der Waals surface area (Å²) in [5.74, 6) is -2.38. The molecule has 22 heavy (non-hydrogen) atoms. The lowest BCUT2D eigenvalue weighted by molar-refractivity contribution is -0.138. The Labute approximate surface area is 123 Å². The van der Waals surface area contributed by atoms with Crippen LogP contribution in [0.1, 0.15) is 16.1 Å². The van der Waals surface area contributed by atoms with Gasteiger partial charge in [-0.2, -0.15) is 13.2 Å². The molecule has 0 atom stereocenters. The highest BCUT2D eigenvalue weighted by molar-refractivity contribution is 5.98. The van der Waals surface area contributed by atoms with E-state index in [0.717, 1.165) is 7.11 Å². The SMILES string of the molecule is COc1nc(C(=O)O)c(N)c(-c2ccccc2)c1C(F)(F)F. The van der Waals surface area contributed by atoms with Gasteiger partial charge in [-0.1, -0.05) is 30.3 Å². The molecule has 0 spiro atoms. The Morgan fingerprint density at radius 1 is 1.27 bits per heavy atom. The predicted octanol–water partition coefficient (Wildman–Crippen LogP) is 3.06. The Balaban J connectivity index is 2.94. The average molecular weight is 312 g/mol. The summed E-state index contributed by atoms with van der Waals surface area (Å²) in [5, 5.41) is 9.07. The molecule has 2 aromatic rings. The number of methoxy groups -OCH3 is 1. The lowest BCUT2D eigenvalue weighted by atomic mass is 9.97. The van der Waals surface area contributed by atoms with Gasteiger partial charge in [-0.15, -0.1) is 0 Å². The van der Waals surface area contributed by atoms with Crippen molar-refractivity contribution < 1.29 is 27.8 Å². The summed E-state index contributed by atoms with van der Waals surface area (Å²) >= 11 is 0. The van der Waals surface area contributed by atoms with Gasteiger partial charge in [0.2, 0.25) is 5.88 Å². The monoisotopic (exact) mass is 312 g/mol. The van der Waals surface area contributed by atoms with Crippen LogP contribution in [0.2, 0.25) is 0 Å². The molecule has 0 fully saturated rings. The molecule has 1 heterocycles. The third-order valence-electron chi connectivity index (χ3n) is 2.94. The summed E-state index contributed by atoms with van der Waals surface area (Å²) in [6.07, 6.45) is -4.81. The number of benzene rings is 1. The Morgan fingerprint density at radius 2 is 1.86 bits per heavy atom. The summed E-state index contributed by atoms with van der Waals surface area (Å²) in [4.78, 5) is 14.5. The topological polar surface area (TPSA) is 85.4 Å². The summed E-state index contributed by atoms with van der Waals surface area (Å²) in [6.45, 7) is 0. The first-order valence-corrected chi connectivity index (χ1v) is 6.00. The molecule has 0 bridgehead atoms. The van der Waals surface area contributed by atoms with E-state index in [4.69, 9.17) is 10.8 Å². The largest absolute Gasteiger partial charge is 0.481 e. The minimum Gasteiger partial charge on any atom is -0.481 e. The van der Waals surface area contributed by atoms with E-state index in [9.17, 15) is 18.0 Å². The van der Waals surface area contributed by atoms with Crippen LogP contribution in [0, 0.1) is 0 Å². The molecule has 0 saturated carbocycles. The molecule has 3 N–H and O–H groups in total. The number of halogens is 3. The number of pyridine rings is 1. The van der Waals surface area contributed by atoms with Crippen LogP contribution >= 0.6 is 0 Å². The molecule has 5 nitrogen and oxygen atoms in total. The van der Waals surface area contributed by atoms with Crippen LogP contribution < -0.4 is 10.5 Å². The molecular formula is C14H11F3N2O3. The second kappa shape index (κ2) is 5.55. The number of carbonyl (C=O) groups is 1. The summed E-state index contributed by atoms with van der Waals surface area (Å²) in [6, 6.07) is 7.44. The van der Waals surface area contributed by atoms with Gasteiger partial charge in [0, 0.05) is 5.56 Å². The number of carboxylic acid groups (broad SMARTS) is 1. The number of aromatic carboxylic acids is 1. The highest BCUT2D eigenvalue weighted by Crippen LogP contribution is 2.45. The average Bonchev–Trinajstić information content (AvgIpc) is 2.46. The van der Waals surface area contributed by atoms with Crippen LogP contribution in [-0.4, -0.2) is 23.2 Å². The van der Waals surface area contributed by atoms with Crippen molar-refractivity contribution in [3.63, 3.8) is 0 Å². The minimum atomic E-state index is -4.81. The molecule has 0 unspecified atom stereocenters. The lowest BCUT2D eigenvalue weighted by Gasteiger charge is -2.19. The first kappa shape index (κ1) is 15.6. The summed E-state index contributed by atoms with van der Waals surface area (Å²) in [7, 11) is 0.980. The molecule has 8 heteroatoms. The maximum atomic E-state index is 13.4. The quantitative estimate of drug-likeness (QED) is 0.910. The number of ether oxygens (including phenoxy) is 1. The minimum absolute atomic E-state index is 0.121. The van der Waals surface area contributed by atoms with E-state index in [-0.39, 0.29) is 5.56 Å². The van der Waals surface area contributed by atoms with Crippen molar-refractivity contribution >= 4 is 11.7 Å². The Kier molecular flexibility index (Phi) is 3.94. The third kappa shape index (κ3) is 2.67. The first-order valence-electron chi connectivity index (χ1n) is 6.00. The Morgan fingerprint density at radius 3 is 2.32 bits per heavy atom. The molecule has 0 aliphatic carbocycles. The maximum absolute atomic E-state index is 13.4. The second-order valence-corrected chi connectivity index (χ2v) is 4.30. The smallest absolute Gasteiger partial charge is 0.422 e. The van der Waals surface area contributed by atoms with Crippen LogP contribution in [0.25, 0.3) is 11.1 Å². The fraction of sp³-hybridized carbons (Fsp3) is 0.143. The molecule has 0 aliphatic rings. The van der Waals surface area contributed by atoms with Gasteiger partial charge in [0.1, 0.15) is 5.56 Å². The van der Waals surface area contributed by atoms with Gasteiger partial charge in [-0.3, -0.25) is 0 Å². The zero-order valence-corrected chi connectivity index (χ0v) is 11.3. The number of nitrogens with zero attached hydrogens (tertiary/aromatic N) is 1. The molecule has 1 aromatic heterocycles. The highest BCUT2D eigenvalue weighted by atomic mass is 19.4. The molecule has 0 aliphatic heterocycles. The van der Waals surface area contributed by atoms with E-state index in [1.807, 2.05) is 0 Å². The van der Waals surface area contributed by atoms with Crippen molar-refractivity contribution in [3.05, 3.63) is 41.6 Å². The molecule has 116 valence electrons. The number of rotatable bonds is 3. The number of aromatic nitrogens is 1. The number of carboxylic acids is 1. The number of nitrogens with two attached hydrogens (primary N) is 1. The predicted molar refractivity (Wildman–Crippen MR) is 72.6 cm³/mol. The normalized spacial score (nSPS) is 11.3. The van der Waals surface area contributed by atoms with E-state index in [2.05, 4.69) is 9.72 Å². The van der Waals surface area contributed by atoms with Gasteiger partial charge < -0.3 is 15.6 Å². The zero-order chi connectivity index (χ0) is 16.5. The number of hydrogen-bond donors (Lipinski definition) is 2. The maximum Gasteiger partial charge on any atom is 0.422 e. The van der Waals surface area contributed by atoms with Crippen LogP contribution in [0.3, 0.4) is 0 Å². The van der Waals surface area contributed by atoms with Crippen molar-refractivity contribution in [1.29, 1.82) is 0 Å². The Bertz CT molecular complexity index is 716. The molecular weight excluding hydrogens is 301 g/mol. The molecule has 0 amide bonds. The van der Waals surface area contributed by atoms with E-state index in [0.29, 0.717) is 0 Å². The fourth-order valence-electron chi connectivity index (χ4n) is 2.06.